The number of fused-ring (bicyclic) bond motifs is 1. The molecular formula is C24H21F5N6O2. The molecule has 8 nitrogen and oxygen atoms in total. The van der Waals surface area contributed by atoms with Gasteiger partial charge in [-0.25, -0.2) is 23.8 Å². The second-order valence-corrected chi connectivity index (χ2v) is 8.64. The lowest BCUT2D eigenvalue weighted by Crippen LogP contribution is -2.30. The van der Waals surface area contributed by atoms with E-state index in [0.717, 1.165) is 22.4 Å². The van der Waals surface area contributed by atoms with Crippen molar-refractivity contribution < 1.29 is 22.0 Å². The van der Waals surface area contributed by atoms with E-state index in [9.17, 15) is 31.5 Å². The Labute approximate surface area is 206 Å². The second-order valence-electron chi connectivity index (χ2n) is 8.64. The van der Waals surface area contributed by atoms with Gasteiger partial charge < -0.3 is 9.88 Å². The molecule has 3 aromatic heterocycles. The molecule has 4 aromatic rings. The summed E-state index contributed by atoms with van der Waals surface area (Å²) in [6.45, 7) is 2.81. The fourth-order valence-corrected chi connectivity index (χ4v) is 3.94. The molecular weight excluding hydrogens is 499 g/mol. The minimum atomic E-state index is -4.94. The summed E-state index contributed by atoms with van der Waals surface area (Å²) >= 11 is 0. The third kappa shape index (κ3) is 5.65. The smallest absolute Gasteiger partial charge is 0.381 e. The second kappa shape index (κ2) is 10.1. The number of pyridine rings is 1. The lowest BCUT2D eigenvalue weighted by molar-refractivity contribution is -0.138. The number of benzene rings is 1. The van der Waals surface area contributed by atoms with Gasteiger partial charge in [0.25, 0.3) is 11.1 Å². The van der Waals surface area contributed by atoms with Crippen LogP contribution in [0.3, 0.4) is 0 Å². The number of anilines is 1. The molecule has 0 spiro atoms. The van der Waals surface area contributed by atoms with Crippen LogP contribution in [0, 0.1) is 12.7 Å². The number of nitrogens with zero attached hydrogens (tertiary/aromatic N) is 4. The summed E-state index contributed by atoms with van der Waals surface area (Å²) < 4.78 is 70.3. The van der Waals surface area contributed by atoms with E-state index in [4.69, 9.17) is 0 Å². The SMILES string of the molecule is Cc1cnc(-c2cc3ccn(C[C@@H](F)C[C@H](C)Nc4cn[nH]c(=O)c4C(F)(F)F)c(=O)c3cc2F)nc1. The number of aryl methyl sites for hydroxylation is 1. The van der Waals surface area contributed by atoms with Crippen LogP contribution in [-0.4, -0.2) is 36.9 Å². The van der Waals surface area contributed by atoms with Gasteiger partial charge in [-0.2, -0.15) is 18.3 Å². The number of rotatable bonds is 7. The fourth-order valence-electron chi connectivity index (χ4n) is 3.94. The van der Waals surface area contributed by atoms with Gasteiger partial charge in [0.05, 0.1) is 29.4 Å². The Bertz CT molecular complexity index is 1550. The zero-order chi connectivity index (χ0) is 26.9. The summed E-state index contributed by atoms with van der Waals surface area (Å²) in [5.41, 5.74) is -3.19. The van der Waals surface area contributed by atoms with Crippen molar-refractivity contribution in [3.05, 3.63) is 80.6 Å². The Morgan fingerprint density at radius 2 is 1.84 bits per heavy atom. The van der Waals surface area contributed by atoms with Crippen LogP contribution in [0.2, 0.25) is 0 Å². The molecule has 1 aromatic carbocycles. The van der Waals surface area contributed by atoms with E-state index in [0.29, 0.717) is 5.39 Å². The van der Waals surface area contributed by atoms with Gasteiger partial charge in [0.15, 0.2) is 5.82 Å². The van der Waals surface area contributed by atoms with E-state index in [1.54, 1.807) is 12.0 Å². The first-order valence-corrected chi connectivity index (χ1v) is 11.1. The molecule has 4 rings (SSSR count). The number of hydrogen-bond acceptors (Lipinski definition) is 6. The van der Waals surface area contributed by atoms with Gasteiger partial charge >= 0.3 is 6.18 Å². The average molecular weight is 520 g/mol. The number of aromatic amines is 1. The zero-order valence-electron chi connectivity index (χ0n) is 19.6. The van der Waals surface area contributed by atoms with E-state index in [1.807, 2.05) is 0 Å². The van der Waals surface area contributed by atoms with Crippen LogP contribution < -0.4 is 16.4 Å². The summed E-state index contributed by atoms with van der Waals surface area (Å²) in [5, 5.41) is 7.98. The van der Waals surface area contributed by atoms with E-state index in [-0.39, 0.29) is 23.2 Å². The van der Waals surface area contributed by atoms with Gasteiger partial charge in [-0.3, -0.25) is 9.59 Å². The maximum atomic E-state index is 14.8. The highest BCUT2D eigenvalue weighted by molar-refractivity contribution is 5.85. The Kier molecular flexibility index (Phi) is 7.05. The number of H-pyrrole nitrogens is 1. The largest absolute Gasteiger partial charge is 0.423 e. The number of halogens is 5. The standard InChI is InChI=1S/C24H21F5N6O2/c1-12-8-30-21(31-9-12)17-6-14-3-4-35(23(37)16(14)7-18(17)26)11-15(25)5-13(2)33-19-10-32-34-22(36)20(19)24(27,28)29/h3-4,6-10,13,15H,5,11H2,1-2H3,(H2,33,34,36)/t13-,15-/m0/s1. The maximum Gasteiger partial charge on any atom is 0.423 e. The average Bonchev–Trinajstić information content (AvgIpc) is 2.80. The van der Waals surface area contributed by atoms with Crippen LogP contribution in [0.4, 0.5) is 27.6 Å². The van der Waals surface area contributed by atoms with Crippen LogP contribution in [-0.2, 0) is 12.7 Å². The lowest BCUT2D eigenvalue weighted by atomic mass is 10.1. The van der Waals surface area contributed by atoms with E-state index in [2.05, 4.69) is 20.4 Å². The molecule has 0 aliphatic rings. The quantitative estimate of drug-likeness (QED) is 0.353. The fraction of sp³-hybridized carbons (Fsp3) is 0.292. The summed E-state index contributed by atoms with van der Waals surface area (Å²) in [4.78, 5) is 32.7. The Hall–Kier alpha value is -4.16. The highest BCUT2D eigenvalue weighted by Gasteiger charge is 2.37. The summed E-state index contributed by atoms with van der Waals surface area (Å²) in [6, 6.07) is 3.17. The van der Waals surface area contributed by atoms with Crippen molar-refractivity contribution in [2.75, 3.05) is 5.32 Å². The van der Waals surface area contributed by atoms with Gasteiger partial charge in [-0.1, -0.05) is 0 Å². The molecule has 0 saturated carbocycles. The Morgan fingerprint density at radius 1 is 1.14 bits per heavy atom. The van der Waals surface area contributed by atoms with Crippen molar-refractivity contribution in [2.24, 2.45) is 0 Å². The van der Waals surface area contributed by atoms with E-state index < -0.39 is 53.1 Å². The van der Waals surface area contributed by atoms with Gasteiger partial charge in [-0.15, -0.1) is 0 Å². The molecule has 0 radical (unpaired) electrons. The predicted octanol–water partition coefficient (Wildman–Crippen LogP) is 4.24. The topological polar surface area (TPSA) is 106 Å². The molecule has 2 N–H and O–H groups in total. The number of nitrogens with one attached hydrogen (secondary N) is 2. The van der Waals surface area contributed by atoms with Crippen molar-refractivity contribution >= 4 is 16.5 Å². The molecule has 0 aliphatic heterocycles. The zero-order valence-corrected chi connectivity index (χ0v) is 19.6. The Balaban J connectivity index is 1.51. The van der Waals surface area contributed by atoms with Gasteiger partial charge in [0.1, 0.15) is 17.6 Å². The van der Waals surface area contributed by atoms with Crippen molar-refractivity contribution in [3.63, 3.8) is 0 Å². The molecule has 13 heteroatoms. The minimum absolute atomic E-state index is 0.0265. The van der Waals surface area contributed by atoms with Crippen LogP contribution in [0.1, 0.15) is 24.5 Å². The first-order chi connectivity index (χ1) is 17.4. The van der Waals surface area contributed by atoms with E-state index in [1.165, 1.54) is 37.6 Å². The molecule has 0 saturated heterocycles. The van der Waals surface area contributed by atoms with Crippen LogP contribution in [0.5, 0.6) is 0 Å². The van der Waals surface area contributed by atoms with Gasteiger partial charge in [0.2, 0.25) is 0 Å². The lowest BCUT2D eigenvalue weighted by Gasteiger charge is -2.20. The third-order valence-corrected chi connectivity index (χ3v) is 5.63. The molecule has 0 bridgehead atoms. The summed E-state index contributed by atoms with van der Waals surface area (Å²) in [7, 11) is 0. The van der Waals surface area contributed by atoms with Crippen molar-refractivity contribution in [1.82, 2.24) is 24.7 Å². The molecule has 0 amide bonds. The van der Waals surface area contributed by atoms with Gasteiger partial charge in [-0.05, 0) is 43.0 Å². The molecule has 0 unspecified atom stereocenters. The van der Waals surface area contributed by atoms with Crippen molar-refractivity contribution in [3.8, 4) is 11.4 Å². The van der Waals surface area contributed by atoms with Crippen molar-refractivity contribution in [2.45, 2.75) is 45.2 Å². The molecule has 3 heterocycles. The highest BCUT2D eigenvalue weighted by Crippen LogP contribution is 2.32. The number of alkyl halides is 4. The van der Waals surface area contributed by atoms with Crippen LogP contribution >= 0.6 is 0 Å². The third-order valence-electron chi connectivity index (χ3n) is 5.63. The molecule has 2 atom stereocenters. The van der Waals surface area contributed by atoms with Crippen molar-refractivity contribution in [1.29, 1.82) is 0 Å². The minimum Gasteiger partial charge on any atom is -0.381 e. The molecule has 37 heavy (non-hydrogen) atoms. The van der Waals surface area contributed by atoms with Gasteiger partial charge in [0, 0.05) is 31.1 Å². The summed E-state index contributed by atoms with van der Waals surface area (Å²) in [5.74, 6) is -0.559. The number of hydrogen-bond donors (Lipinski definition) is 2. The number of aromatic nitrogens is 5. The predicted molar refractivity (Wildman–Crippen MR) is 126 cm³/mol. The molecule has 194 valence electrons. The van der Waals surface area contributed by atoms with Crippen LogP contribution in [0.25, 0.3) is 22.2 Å². The highest BCUT2D eigenvalue weighted by atomic mass is 19.4. The Morgan fingerprint density at radius 3 is 2.51 bits per heavy atom. The normalized spacial score (nSPS) is 13.5. The summed E-state index contributed by atoms with van der Waals surface area (Å²) in [6.07, 6.45) is -1.64. The first-order valence-electron chi connectivity index (χ1n) is 11.1. The monoisotopic (exact) mass is 520 g/mol. The molecule has 0 fully saturated rings. The van der Waals surface area contributed by atoms with Crippen LogP contribution in [0.15, 0.2) is 52.6 Å². The maximum absolute atomic E-state index is 14.8. The van der Waals surface area contributed by atoms with E-state index >= 15 is 0 Å². The molecule has 0 aliphatic carbocycles. The first kappa shape index (κ1) is 25.9.